The van der Waals surface area contributed by atoms with Crippen LogP contribution in [0, 0.1) is 0 Å². The number of carbonyl (C=O) groups is 1. The highest BCUT2D eigenvalue weighted by Gasteiger charge is 2.10. The second-order valence-electron chi connectivity index (χ2n) is 3.09. The summed E-state index contributed by atoms with van der Waals surface area (Å²) in [7, 11) is 1.47. The first kappa shape index (κ1) is 10.6. The maximum absolute atomic E-state index is 10.9. The minimum atomic E-state index is -0.945. The van der Waals surface area contributed by atoms with Gasteiger partial charge in [-0.3, -0.25) is 0 Å². The molecule has 0 aliphatic carbocycles. The van der Waals surface area contributed by atoms with E-state index in [4.69, 9.17) is 9.84 Å². The summed E-state index contributed by atoms with van der Waals surface area (Å²) in [5, 5.41) is 8.91. The number of hydrogen-bond donors (Lipinski definition) is 1. The summed E-state index contributed by atoms with van der Waals surface area (Å²) >= 11 is 0. The van der Waals surface area contributed by atoms with Crippen LogP contribution in [-0.4, -0.2) is 18.2 Å². The van der Waals surface area contributed by atoms with Crippen molar-refractivity contribution >= 4 is 5.97 Å². The summed E-state index contributed by atoms with van der Waals surface area (Å²) in [6.45, 7) is 2.06. The molecule has 0 heterocycles. The molecule has 0 saturated carbocycles. The average Bonchev–Trinajstić information content (AvgIpc) is 2.18. The maximum Gasteiger partial charge on any atom is 0.339 e. The van der Waals surface area contributed by atoms with E-state index in [0.717, 1.165) is 18.4 Å². The van der Waals surface area contributed by atoms with Gasteiger partial charge in [-0.1, -0.05) is 19.4 Å². The van der Waals surface area contributed by atoms with Crippen molar-refractivity contribution in [3.8, 4) is 5.75 Å². The summed E-state index contributed by atoms with van der Waals surface area (Å²) < 4.78 is 4.96. The molecule has 14 heavy (non-hydrogen) atoms. The van der Waals surface area contributed by atoms with Crippen LogP contribution >= 0.6 is 0 Å². The van der Waals surface area contributed by atoms with Crippen molar-refractivity contribution in [1.82, 2.24) is 0 Å². The molecule has 76 valence electrons. The minimum Gasteiger partial charge on any atom is -0.496 e. The summed E-state index contributed by atoms with van der Waals surface area (Å²) in [5.74, 6) is -0.530. The van der Waals surface area contributed by atoms with Crippen LogP contribution in [0.25, 0.3) is 0 Å². The fourth-order valence-corrected chi connectivity index (χ4v) is 1.37. The molecule has 3 nitrogen and oxygen atoms in total. The van der Waals surface area contributed by atoms with E-state index in [1.807, 2.05) is 6.07 Å². The lowest BCUT2D eigenvalue weighted by atomic mass is 10.1. The van der Waals surface area contributed by atoms with Crippen LogP contribution in [0.3, 0.4) is 0 Å². The zero-order valence-corrected chi connectivity index (χ0v) is 8.41. The SMILES string of the molecule is CCCc1ccc(OC)c(C(=O)O)c1. The van der Waals surface area contributed by atoms with Crippen molar-refractivity contribution in [2.75, 3.05) is 7.11 Å². The Morgan fingerprint density at radius 1 is 1.50 bits per heavy atom. The molecule has 1 aromatic rings. The number of carboxylic acid groups (broad SMARTS) is 1. The number of methoxy groups -OCH3 is 1. The van der Waals surface area contributed by atoms with Crippen molar-refractivity contribution in [3.63, 3.8) is 0 Å². The Hall–Kier alpha value is -1.51. The van der Waals surface area contributed by atoms with Crippen LogP contribution in [0.1, 0.15) is 29.3 Å². The number of benzene rings is 1. The molecule has 0 aromatic heterocycles. The van der Waals surface area contributed by atoms with E-state index < -0.39 is 5.97 Å². The van der Waals surface area contributed by atoms with Crippen LogP contribution in [0.4, 0.5) is 0 Å². The van der Waals surface area contributed by atoms with Gasteiger partial charge in [0, 0.05) is 0 Å². The monoisotopic (exact) mass is 194 g/mol. The Balaban J connectivity index is 3.07. The van der Waals surface area contributed by atoms with E-state index in [-0.39, 0.29) is 5.56 Å². The standard InChI is InChI=1S/C11H14O3/c1-3-4-8-5-6-10(14-2)9(7-8)11(12)13/h5-7H,3-4H2,1-2H3,(H,12,13). The summed E-state index contributed by atoms with van der Waals surface area (Å²) in [6, 6.07) is 5.27. The van der Waals surface area contributed by atoms with Gasteiger partial charge in [0.05, 0.1) is 7.11 Å². The molecule has 0 atom stereocenters. The van der Waals surface area contributed by atoms with Crippen molar-refractivity contribution in [2.24, 2.45) is 0 Å². The van der Waals surface area contributed by atoms with E-state index in [1.54, 1.807) is 12.1 Å². The molecule has 1 N–H and O–H groups in total. The molecule has 1 rings (SSSR count). The van der Waals surface area contributed by atoms with Crippen molar-refractivity contribution < 1.29 is 14.6 Å². The summed E-state index contributed by atoms with van der Waals surface area (Å²) in [4.78, 5) is 10.9. The molecular formula is C11H14O3. The number of carboxylic acids is 1. The Morgan fingerprint density at radius 3 is 2.71 bits per heavy atom. The Kier molecular flexibility index (Phi) is 3.51. The summed E-state index contributed by atoms with van der Waals surface area (Å²) in [5.41, 5.74) is 1.27. The van der Waals surface area contributed by atoms with Gasteiger partial charge in [0.2, 0.25) is 0 Å². The lowest BCUT2D eigenvalue weighted by Crippen LogP contribution is -2.01. The van der Waals surface area contributed by atoms with Gasteiger partial charge in [-0.25, -0.2) is 4.79 Å². The molecule has 0 unspecified atom stereocenters. The zero-order chi connectivity index (χ0) is 10.6. The third-order valence-electron chi connectivity index (χ3n) is 2.03. The van der Waals surface area contributed by atoms with Gasteiger partial charge in [0.25, 0.3) is 0 Å². The topological polar surface area (TPSA) is 46.5 Å². The van der Waals surface area contributed by atoms with Crippen LogP contribution in [0.15, 0.2) is 18.2 Å². The van der Waals surface area contributed by atoms with Crippen molar-refractivity contribution in [2.45, 2.75) is 19.8 Å². The summed E-state index contributed by atoms with van der Waals surface area (Å²) in [6.07, 6.45) is 1.90. The quantitative estimate of drug-likeness (QED) is 0.800. The second-order valence-corrected chi connectivity index (χ2v) is 3.09. The third kappa shape index (κ3) is 2.25. The molecule has 0 spiro atoms. The highest BCUT2D eigenvalue weighted by Crippen LogP contribution is 2.20. The van der Waals surface area contributed by atoms with Crippen LogP contribution in [0.2, 0.25) is 0 Å². The fraction of sp³-hybridized carbons (Fsp3) is 0.364. The van der Waals surface area contributed by atoms with Crippen LogP contribution in [0.5, 0.6) is 5.75 Å². The number of aromatic carboxylic acids is 1. The van der Waals surface area contributed by atoms with E-state index in [2.05, 4.69) is 6.92 Å². The number of ether oxygens (including phenoxy) is 1. The number of rotatable bonds is 4. The molecule has 0 amide bonds. The largest absolute Gasteiger partial charge is 0.496 e. The highest BCUT2D eigenvalue weighted by molar-refractivity contribution is 5.91. The zero-order valence-electron chi connectivity index (χ0n) is 8.41. The smallest absolute Gasteiger partial charge is 0.339 e. The molecular weight excluding hydrogens is 180 g/mol. The molecule has 0 bridgehead atoms. The molecule has 0 aliphatic heterocycles. The average molecular weight is 194 g/mol. The van der Waals surface area contributed by atoms with Crippen molar-refractivity contribution in [3.05, 3.63) is 29.3 Å². The molecule has 3 heteroatoms. The first-order valence-corrected chi connectivity index (χ1v) is 4.59. The normalized spacial score (nSPS) is 9.86. The van der Waals surface area contributed by atoms with E-state index in [9.17, 15) is 4.79 Å². The van der Waals surface area contributed by atoms with Gasteiger partial charge in [0.1, 0.15) is 11.3 Å². The lowest BCUT2D eigenvalue weighted by molar-refractivity contribution is 0.0693. The number of aryl methyl sites for hydroxylation is 1. The molecule has 0 aliphatic rings. The minimum absolute atomic E-state index is 0.235. The molecule has 0 saturated heterocycles. The van der Waals surface area contributed by atoms with Crippen molar-refractivity contribution in [1.29, 1.82) is 0 Å². The van der Waals surface area contributed by atoms with Gasteiger partial charge >= 0.3 is 5.97 Å². The van der Waals surface area contributed by atoms with Crippen LogP contribution in [-0.2, 0) is 6.42 Å². The van der Waals surface area contributed by atoms with E-state index >= 15 is 0 Å². The first-order chi connectivity index (χ1) is 6.69. The molecule has 0 fully saturated rings. The van der Waals surface area contributed by atoms with Gasteiger partial charge < -0.3 is 9.84 Å². The predicted octanol–water partition coefficient (Wildman–Crippen LogP) is 2.35. The number of hydrogen-bond acceptors (Lipinski definition) is 2. The Morgan fingerprint density at radius 2 is 2.21 bits per heavy atom. The lowest BCUT2D eigenvalue weighted by Gasteiger charge is -2.06. The highest BCUT2D eigenvalue weighted by atomic mass is 16.5. The van der Waals surface area contributed by atoms with Gasteiger partial charge in [-0.15, -0.1) is 0 Å². The Labute approximate surface area is 83.3 Å². The molecule has 1 aromatic carbocycles. The van der Waals surface area contributed by atoms with Gasteiger partial charge in [-0.2, -0.15) is 0 Å². The Bertz CT molecular complexity index is 331. The third-order valence-corrected chi connectivity index (χ3v) is 2.03. The molecule has 0 radical (unpaired) electrons. The van der Waals surface area contributed by atoms with E-state index in [0.29, 0.717) is 5.75 Å². The fourth-order valence-electron chi connectivity index (χ4n) is 1.37. The predicted molar refractivity (Wildman–Crippen MR) is 53.9 cm³/mol. The van der Waals surface area contributed by atoms with E-state index in [1.165, 1.54) is 7.11 Å². The maximum atomic E-state index is 10.9. The van der Waals surface area contributed by atoms with Crippen LogP contribution < -0.4 is 4.74 Å². The first-order valence-electron chi connectivity index (χ1n) is 4.59. The van der Waals surface area contributed by atoms with Gasteiger partial charge in [-0.05, 0) is 24.1 Å². The second kappa shape index (κ2) is 4.65. The van der Waals surface area contributed by atoms with Gasteiger partial charge in [0.15, 0.2) is 0 Å².